The van der Waals surface area contributed by atoms with Gasteiger partial charge in [0.25, 0.3) is 0 Å². The number of aliphatic hydroxyl groups excluding tert-OH is 1. The van der Waals surface area contributed by atoms with Crippen molar-refractivity contribution in [1.82, 2.24) is 9.78 Å². The highest BCUT2D eigenvalue weighted by molar-refractivity contribution is 5.32. The number of aliphatic hydroxyl groups is 1. The molecule has 1 aliphatic rings. The molecule has 0 aliphatic carbocycles. The molecule has 2 unspecified atom stereocenters. The molecule has 2 heterocycles. The van der Waals surface area contributed by atoms with E-state index in [1.807, 2.05) is 36.4 Å². The standard InChI is InChI=1S/C15H18N2O2/c18-15(11-13-7-4-10-19-13)14-8-9-16-17(14)12-5-2-1-3-6-12/h1-3,5-6,8-9,13,15,18H,4,7,10-11H2. The van der Waals surface area contributed by atoms with Gasteiger partial charge in [-0.3, -0.25) is 0 Å². The first kappa shape index (κ1) is 12.4. The molecule has 2 aromatic rings. The number of ether oxygens (including phenoxy) is 1. The molecule has 100 valence electrons. The summed E-state index contributed by atoms with van der Waals surface area (Å²) < 4.78 is 7.37. The highest BCUT2D eigenvalue weighted by Gasteiger charge is 2.22. The molecule has 1 N–H and O–H groups in total. The molecule has 1 aromatic carbocycles. The van der Waals surface area contributed by atoms with Gasteiger partial charge in [0.1, 0.15) is 0 Å². The minimum Gasteiger partial charge on any atom is -0.387 e. The van der Waals surface area contributed by atoms with Crippen molar-refractivity contribution in [3.63, 3.8) is 0 Å². The molecule has 1 fully saturated rings. The third kappa shape index (κ3) is 2.69. The molecule has 19 heavy (non-hydrogen) atoms. The first-order chi connectivity index (χ1) is 9.34. The number of hydrogen-bond acceptors (Lipinski definition) is 3. The van der Waals surface area contributed by atoms with Gasteiger partial charge in [-0.1, -0.05) is 18.2 Å². The van der Waals surface area contributed by atoms with Crippen LogP contribution in [-0.2, 0) is 4.74 Å². The van der Waals surface area contributed by atoms with Crippen molar-refractivity contribution >= 4 is 0 Å². The van der Waals surface area contributed by atoms with Gasteiger partial charge in [-0.15, -0.1) is 0 Å². The zero-order valence-corrected chi connectivity index (χ0v) is 10.8. The first-order valence-electron chi connectivity index (χ1n) is 6.73. The van der Waals surface area contributed by atoms with Crippen molar-refractivity contribution in [3.05, 3.63) is 48.3 Å². The average Bonchev–Trinajstić information content (AvgIpc) is 3.10. The molecule has 0 spiro atoms. The van der Waals surface area contributed by atoms with Crippen LogP contribution in [0.5, 0.6) is 0 Å². The van der Waals surface area contributed by atoms with Gasteiger partial charge in [0.15, 0.2) is 0 Å². The van der Waals surface area contributed by atoms with E-state index in [0.29, 0.717) is 6.42 Å². The largest absolute Gasteiger partial charge is 0.387 e. The Kier molecular flexibility index (Phi) is 3.62. The fourth-order valence-corrected chi connectivity index (χ4v) is 2.55. The van der Waals surface area contributed by atoms with Crippen molar-refractivity contribution in [2.45, 2.75) is 31.5 Å². The van der Waals surface area contributed by atoms with Gasteiger partial charge in [0.05, 0.1) is 23.6 Å². The lowest BCUT2D eigenvalue weighted by Gasteiger charge is -2.16. The predicted molar refractivity (Wildman–Crippen MR) is 72.1 cm³/mol. The quantitative estimate of drug-likeness (QED) is 0.916. The Morgan fingerprint density at radius 1 is 1.32 bits per heavy atom. The molecule has 2 atom stereocenters. The van der Waals surface area contributed by atoms with Gasteiger partial charge in [-0.2, -0.15) is 5.10 Å². The summed E-state index contributed by atoms with van der Waals surface area (Å²) in [5, 5.41) is 14.7. The normalized spacial score (nSPS) is 20.6. The highest BCUT2D eigenvalue weighted by atomic mass is 16.5. The van der Waals surface area contributed by atoms with E-state index in [9.17, 15) is 5.11 Å². The van der Waals surface area contributed by atoms with E-state index < -0.39 is 6.10 Å². The Labute approximate surface area is 112 Å². The maximum atomic E-state index is 10.4. The lowest BCUT2D eigenvalue weighted by Crippen LogP contribution is -2.14. The average molecular weight is 258 g/mol. The van der Waals surface area contributed by atoms with Crippen LogP contribution in [0.2, 0.25) is 0 Å². The molecule has 1 saturated heterocycles. The zero-order chi connectivity index (χ0) is 13.1. The molecule has 0 bridgehead atoms. The summed E-state index contributed by atoms with van der Waals surface area (Å²) in [7, 11) is 0. The van der Waals surface area contributed by atoms with E-state index in [1.54, 1.807) is 10.9 Å². The monoisotopic (exact) mass is 258 g/mol. The van der Waals surface area contributed by atoms with Gasteiger partial charge < -0.3 is 9.84 Å². The second-order valence-electron chi connectivity index (χ2n) is 4.89. The van der Waals surface area contributed by atoms with Crippen LogP contribution < -0.4 is 0 Å². The minimum absolute atomic E-state index is 0.175. The Morgan fingerprint density at radius 2 is 2.16 bits per heavy atom. The molecule has 1 aliphatic heterocycles. The van der Waals surface area contributed by atoms with Gasteiger partial charge in [-0.25, -0.2) is 4.68 Å². The van der Waals surface area contributed by atoms with Crippen LogP contribution in [-0.4, -0.2) is 27.6 Å². The van der Waals surface area contributed by atoms with Crippen LogP contribution in [0, 0.1) is 0 Å². The Hall–Kier alpha value is -1.65. The summed E-state index contributed by atoms with van der Waals surface area (Å²) in [5.74, 6) is 0. The second-order valence-corrected chi connectivity index (χ2v) is 4.89. The number of nitrogens with zero attached hydrogens (tertiary/aromatic N) is 2. The summed E-state index contributed by atoms with van der Waals surface area (Å²) in [6, 6.07) is 11.7. The molecule has 0 amide bonds. The maximum absolute atomic E-state index is 10.4. The van der Waals surface area contributed by atoms with Crippen LogP contribution in [0.3, 0.4) is 0 Å². The van der Waals surface area contributed by atoms with E-state index in [2.05, 4.69) is 5.10 Å². The van der Waals surface area contributed by atoms with Crippen LogP contribution in [0.1, 0.15) is 31.1 Å². The number of hydrogen-bond donors (Lipinski definition) is 1. The number of para-hydroxylation sites is 1. The third-order valence-electron chi connectivity index (χ3n) is 3.52. The molecular formula is C15H18N2O2. The molecule has 4 nitrogen and oxygen atoms in total. The molecule has 4 heteroatoms. The maximum Gasteiger partial charge on any atom is 0.0985 e. The highest BCUT2D eigenvalue weighted by Crippen LogP contribution is 2.26. The summed E-state index contributed by atoms with van der Waals surface area (Å²) in [5.41, 5.74) is 1.79. The van der Waals surface area contributed by atoms with E-state index in [-0.39, 0.29) is 6.10 Å². The molecule has 3 rings (SSSR count). The van der Waals surface area contributed by atoms with Gasteiger partial charge in [0.2, 0.25) is 0 Å². The Morgan fingerprint density at radius 3 is 2.89 bits per heavy atom. The number of aromatic nitrogens is 2. The first-order valence-corrected chi connectivity index (χ1v) is 6.73. The van der Waals surface area contributed by atoms with Crippen molar-refractivity contribution < 1.29 is 9.84 Å². The molecular weight excluding hydrogens is 240 g/mol. The lowest BCUT2D eigenvalue weighted by molar-refractivity contribution is 0.0510. The molecule has 0 saturated carbocycles. The molecule has 0 radical (unpaired) electrons. The van der Waals surface area contributed by atoms with Crippen LogP contribution >= 0.6 is 0 Å². The topological polar surface area (TPSA) is 47.3 Å². The summed E-state index contributed by atoms with van der Waals surface area (Å²) in [4.78, 5) is 0. The van der Waals surface area contributed by atoms with Gasteiger partial charge in [-0.05, 0) is 31.0 Å². The van der Waals surface area contributed by atoms with Crippen molar-refractivity contribution in [1.29, 1.82) is 0 Å². The lowest BCUT2D eigenvalue weighted by atomic mass is 10.1. The van der Waals surface area contributed by atoms with E-state index >= 15 is 0 Å². The fraction of sp³-hybridized carbons (Fsp3) is 0.400. The van der Waals surface area contributed by atoms with Crippen LogP contribution in [0.4, 0.5) is 0 Å². The summed E-state index contributed by atoms with van der Waals surface area (Å²) in [6.45, 7) is 0.815. The van der Waals surface area contributed by atoms with E-state index in [1.165, 1.54) is 0 Å². The third-order valence-corrected chi connectivity index (χ3v) is 3.52. The fourth-order valence-electron chi connectivity index (χ4n) is 2.55. The second kappa shape index (κ2) is 5.55. The number of benzene rings is 1. The van der Waals surface area contributed by atoms with E-state index in [4.69, 9.17) is 4.74 Å². The summed E-state index contributed by atoms with van der Waals surface area (Å²) in [6.07, 6.45) is 4.13. The predicted octanol–water partition coefficient (Wildman–Crippen LogP) is 2.47. The van der Waals surface area contributed by atoms with Gasteiger partial charge >= 0.3 is 0 Å². The van der Waals surface area contributed by atoms with Crippen LogP contribution in [0.25, 0.3) is 5.69 Å². The van der Waals surface area contributed by atoms with Gasteiger partial charge in [0, 0.05) is 19.2 Å². The Bertz CT molecular complexity index is 518. The smallest absolute Gasteiger partial charge is 0.0985 e. The number of rotatable bonds is 4. The van der Waals surface area contributed by atoms with E-state index in [0.717, 1.165) is 30.8 Å². The SMILES string of the molecule is OC(CC1CCCO1)c1ccnn1-c1ccccc1. The summed E-state index contributed by atoms with van der Waals surface area (Å²) >= 11 is 0. The molecule has 1 aromatic heterocycles. The zero-order valence-electron chi connectivity index (χ0n) is 10.8. The minimum atomic E-state index is -0.536. The van der Waals surface area contributed by atoms with Crippen molar-refractivity contribution in [3.8, 4) is 5.69 Å². The van der Waals surface area contributed by atoms with Crippen molar-refractivity contribution in [2.75, 3.05) is 6.61 Å². The van der Waals surface area contributed by atoms with Crippen molar-refractivity contribution in [2.24, 2.45) is 0 Å². The van der Waals surface area contributed by atoms with Crippen LogP contribution in [0.15, 0.2) is 42.6 Å². The Balaban J connectivity index is 1.79.